The molecule has 1 N–H and O–H groups in total. The molecule has 0 atom stereocenters. The Morgan fingerprint density at radius 2 is 0.473 bits per heavy atom. The predicted octanol–water partition coefficient (Wildman–Crippen LogP) is 0.737. The molecule has 0 aromatic heterocycles. The third-order valence-electron chi connectivity index (χ3n) is 6.32. The fourth-order valence-electron chi connectivity index (χ4n) is 3.72. The summed E-state index contributed by atoms with van der Waals surface area (Å²) < 4.78 is 86.3. The van der Waals surface area contributed by atoms with Crippen LogP contribution in [0, 0.1) is 0 Å². The minimum absolute atomic E-state index is 0.0200. The minimum atomic E-state index is -0.356. The van der Waals surface area contributed by atoms with Gasteiger partial charge in [-0.1, -0.05) is 5.57 Å². The Labute approximate surface area is 328 Å². The van der Waals surface area contributed by atoms with Crippen molar-refractivity contribution in [2.75, 3.05) is 211 Å². The van der Waals surface area contributed by atoms with Crippen molar-refractivity contribution < 1.29 is 85.7 Å². The molecular weight excluding hydrogens is 732 g/mol. The van der Waals surface area contributed by atoms with E-state index in [0.717, 1.165) is 5.57 Å². The average molecular weight is 805 g/mol. The van der Waals surface area contributed by atoms with Gasteiger partial charge in [0, 0.05) is 6.08 Å². The third kappa shape index (κ3) is 50.6. The lowest BCUT2D eigenvalue weighted by Crippen LogP contribution is -2.16. The summed E-state index contributed by atoms with van der Waals surface area (Å²) >= 11 is 0. The van der Waals surface area contributed by atoms with Crippen molar-refractivity contribution in [3.8, 4) is 0 Å². The average Bonchev–Trinajstić information content (AvgIpc) is 3.17. The second-order valence-corrected chi connectivity index (χ2v) is 11.3. The largest absolute Gasteiger partial charge is 0.460 e. The Morgan fingerprint density at radius 3 is 0.636 bits per heavy atom. The van der Waals surface area contributed by atoms with E-state index in [1.54, 1.807) is 0 Å². The monoisotopic (exact) mass is 804 g/mol. The molecule has 0 amide bonds. The standard InChI is InChI=1S/C37H72O18/c1-36(2)35-37(39)55-34-33-54-32-31-53-30-29-52-28-27-51-26-25-50-24-23-49-22-21-48-20-19-47-18-17-46-16-15-45-14-13-44-12-11-43-10-9-42-8-7-41-6-5-40-4-3-38/h35,38H,3-34H2,1-2H3. The van der Waals surface area contributed by atoms with Gasteiger partial charge in [0.25, 0.3) is 0 Å². The lowest BCUT2D eigenvalue weighted by atomic mass is 10.3. The van der Waals surface area contributed by atoms with Crippen molar-refractivity contribution in [2.24, 2.45) is 0 Å². The Hall–Kier alpha value is -1.43. The van der Waals surface area contributed by atoms with Crippen molar-refractivity contribution in [2.45, 2.75) is 13.8 Å². The van der Waals surface area contributed by atoms with Crippen molar-refractivity contribution in [1.29, 1.82) is 0 Å². The topological polar surface area (TPSA) is 185 Å². The molecule has 0 aromatic rings. The molecule has 18 heteroatoms. The molecule has 18 nitrogen and oxygen atoms in total. The van der Waals surface area contributed by atoms with E-state index in [-0.39, 0.29) is 19.2 Å². The lowest BCUT2D eigenvalue weighted by molar-refractivity contribution is -0.139. The molecule has 328 valence electrons. The molecule has 0 fully saturated rings. The van der Waals surface area contributed by atoms with Gasteiger partial charge in [0.15, 0.2) is 0 Å². The molecule has 0 unspecified atom stereocenters. The summed E-state index contributed by atoms with van der Waals surface area (Å²) in [7, 11) is 0. The highest BCUT2D eigenvalue weighted by atomic mass is 16.6. The summed E-state index contributed by atoms with van der Waals surface area (Å²) in [6.45, 7) is 18.1. The molecule has 0 aliphatic carbocycles. The van der Waals surface area contributed by atoms with Crippen LogP contribution < -0.4 is 0 Å². The molecule has 0 saturated carbocycles. The van der Waals surface area contributed by atoms with Crippen LogP contribution >= 0.6 is 0 Å². The quantitative estimate of drug-likeness (QED) is 0.0516. The van der Waals surface area contributed by atoms with E-state index < -0.39 is 0 Å². The normalized spacial score (nSPS) is 11.4. The molecule has 0 radical (unpaired) electrons. The van der Waals surface area contributed by atoms with Crippen LogP contribution in [0.1, 0.15) is 13.8 Å². The second-order valence-electron chi connectivity index (χ2n) is 11.3. The number of hydrogen-bond donors (Lipinski definition) is 1. The first-order chi connectivity index (χ1) is 27.2. The van der Waals surface area contributed by atoms with Crippen LogP contribution in [0.2, 0.25) is 0 Å². The van der Waals surface area contributed by atoms with Crippen LogP contribution in [-0.4, -0.2) is 222 Å². The van der Waals surface area contributed by atoms with Gasteiger partial charge in [-0.25, -0.2) is 4.79 Å². The lowest BCUT2D eigenvalue weighted by Gasteiger charge is -2.09. The molecule has 0 spiro atoms. The smallest absolute Gasteiger partial charge is 0.330 e. The maximum Gasteiger partial charge on any atom is 0.330 e. The Morgan fingerprint density at radius 1 is 0.309 bits per heavy atom. The number of rotatable bonds is 48. The van der Waals surface area contributed by atoms with Gasteiger partial charge in [-0.2, -0.15) is 0 Å². The van der Waals surface area contributed by atoms with Gasteiger partial charge < -0.3 is 80.9 Å². The van der Waals surface area contributed by atoms with Crippen LogP contribution in [0.25, 0.3) is 0 Å². The zero-order valence-electron chi connectivity index (χ0n) is 33.6. The SMILES string of the molecule is CC(C)=CC(=O)OCCOCCOCCOCCOCCOCCOCCOCCOCCOCCOCCOCCOCCOCCOCCOCCO. The fourth-order valence-corrected chi connectivity index (χ4v) is 3.72. The number of ether oxygens (including phenoxy) is 16. The fraction of sp³-hybridized carbons (Fsp3) is 0.919. The molecule has 0 saturated heterocycles. The summed E-state index contributed by atoms with van der Waals surface area (Å²) in [6.07, 6.45) is 1.45. The highest BCUT2D eigenvalue weighted by molar-refractivity contribution is 5.82. The summed E-state index contributed by atoms with van der Waals surface area (Å²) in [6, 6.07) is 0. The van der Waals surface area contributed by atoms with Crippen LogP contribution in [0.5, 0.6) is 0 Å². The number of carbonyl (C=O) groups excluding carboxylic acids is 1. The summed E-state index contributed by atoms with van der Waals surface area (Å²) in [5.74, 6) is -0.356. The van der Waals surface area contributed by atoms with Crippen LogP contribution in [0.3, 0.4) is 0 Å². The number of carbonyl (C=O) groups is 1. The first-order valence-electron chi connectivity index (χ1n) is 19.3. The van der Waals surface area contributed by atoms with E-state index in [1.807, 2.05) is 13.8 Å². The van der Waals surface area contributed by atoms with Crippen molar-refractivity contribution >= 4 is 5.97 Å². The minimum Gasteiger partial charge on any atom is -0.460 e. The van der Waals surface area contributed by atoms with E-state index in [9.17, 15) is 4.79 Å². The first-order valence-corrected chi connectivity index (χ1v) is 19.3. The molecule has 0 aliphatic rings. The Kier molecular flexibility index (Phi) is 47.5. The number of esters is 1. The van der Waals surface area contributed by atoms with Crippen molar-refractivity contribution in [3.05, 3.63) is 11.6 Å². The maximum absolute atomic E-state index is 11.3. The van der Waals surface area contributed by atoms with Gasteiger partial charge in [-0.05, 0) is 13.8 Å². The van der Waals surface area contributed by atoms with Crippen LogP contribution in [0.15, 0.2) is 11.6 Å². The maximum atomic E-state index is 11.3. The van der Waals surface area contributed by atoms with E-state index in [0.29, 0.717) is 198 Å². The molecular formula is C37H72O18. The van der Waals surface area contributed by atoms with Gasteiger partial charge >= 0.3 is 5.97 Å². The Bertz CT molecular complexity index is 774. The van der Waals surface area contributed by atoms with E-state index >= 15 is 0 Å². The molecule has 0 aromatic carbocycles. The zero-order valence-corrected chi connectivity index (χ0v) is 33.6. The third-order valence-corrected chi connectivity index (χ3v) is 6.32. The molecule has 0 rings (SSSR count). The van der Waals surface area contributed by atoms with Gasteiger partial charge in [0.05, 0.1) is 205 Å². The van der Waals surface area contributed by atoms with Gasteiger partial charge in [0.1, 0.15) is 6.61 Å². The van der Waals surface area contributed by atoms with E-state index in [1.165, 1.54) is 6.08 Å². The number of aliphatic hydroxyl groups is 1. The molecule has 0 bridgehead atoms. The Balaban J connectivity index is 3.08. The zero-order chi connectivity index (χ0) is 39.8. The van der Waals surface area contributed by atoms with Crippen molar-refractivity contribution in [1.82, 2.24) is 0 Å². The van der Waals surface area contributed by atoms with Crippen molar-refractivity contribution in [3.63, 3.8) is 0 Å². The first kappa shape index (κ1) is 53.6. The summed E-state index contributed by atoms with van der Waals surface area (Å²) in [5.41, 5.74) is 0.896. The highest BCUT2D eigenvalue weighted by Gasteiger charge is 1.99. The van der Waals surface area contributed by atoms with E-state index in [2.05, 4.69) is 0 Å². The molecule has 0 heterocycles. The van der Waals surface area contributed by atoms with Gasteiger partial charge in [0.2, 0.25) is 0 Å². The van der Waals surface area contributed by atoms with Crippen LogP contribution in [0.4, 0.5) is 0 Å². The highest BCUT2D eigenvalue weighted by Crippen LogP contribution is 1.92. The van der Waals surface area contributed by atoms with Gasteiger partial charge in [-0.3, -0.25) is 0 Å². The number of allylic oxidation sites excluding steroid dienone is 1. The number of hydrogen-bond acceptors (Lipinski definition) is 18. The summed E-state index contributed by atoms with van der Waals surface area (Å²) in [5, 5.41) is 8.59. The second kappa shape index (κ2) is 48.7. The predicted molar refractivity (Wildman–Crippen MR) is 200 cm³/mol. The molecule has 55 heavy (non-hydrogen) atoms. The van der Waals surface area contributed by atoms with Gasteiger partial charge in [-0.15, -0.1) is 0 Å². The number of aliphatic hydroxyl groups excluding tert-OH is 1. The molecule has 0 aliphatic heterocycles. The van der Waals surface area contributed by atoms with E-state index in [4.69, 9.17) is 80.9 Å². The van der Waals surface area contributed by atoms with Crippen LogP contribution in [-0.2, 0) is 80.6 Å². The summed E-state index contributed by atoms with van der Waals surface area (Å²) in [4.78, 5) is 11.3.